The lowest BCUT2D eigenvalue weighted by atomic mass is 9.98. The Labute approximate surface area is 151 Å². The van der Waals surface area contributed by atoms with Gasteiger partial charge in [-0.3, -0.25) is 14.8 Å². The summed E-state index contributed by atoms with van der Waals surface area (Å²) in [6, 6.07) is 8.23. The number of rotatable bonds is 2. The number of nitrogens with one attached hydrogen (secondary N) is 2. The van der Waals surface area contributed by atoms with Crippen molar-refractivity contribution >= 4 is 29.1 Å². The van der Waals surface area contributed by atoms with Crippen molar-refractivity contribution in [2.75, 3.05) is 17.2 Å². The third kappa shape index (κ3) is 2.52. The van der Waals surface area contributed by atoms with Crippen molar-refractivity contribution in [3.05, 3.63) is 59.6 Å². The number of aryl methyl sites for hydroxylation is 1. The molecule has 0 radical (unpaired) electrons. The van der Waals surface area contributed by atoms with Gasteiger partial charge in [-0.15, -0.1) is 0 Å². The molecule has 0 spiro atoms. The third-order valence-electron chi connectivity index (χ3n) is 5.01. The van der Waals surface area contributed by atoms with E-state index < -0.39 is 0 Å². The zero-order valence-electron chi connectivity index (χ0n) is 14.2. The summed E-state index contributed by atoms with van der Waals surface area (Å²) in [4.78, 5) is 21.1. The third-order valence-corrected chi connectivity index (χ3v) is 5.01. The normalized spacial score (nSPS) is 19.0. The number of hydrogen-bond donors (Lipinski definition) is 2. The van der Waals surface area contributed by atoms with E-state index in [-0.39, 0.29) is 5.91 Å². The maximum absolute atomic E-state index is 12.4. The first kappa shape index (κ1) is 15.1. The van der Waals surface area contributed by atoms with Crippen LogP contribution in [0, 0.1) is 0 Å². The molecule has 5 nitrogen and oxygen atoms in total. The van der Waals surface area contributed by atoms with Gasteiger partial charge < -0.3 is 10.6 Å². The molecule has 0 unspecified atom stereocenters. The molecule has 3 aliphatic heterocycles. The van der Waals surface area contributed by atoms with Gasteiger partial charge in [-0.2, -0.15) is 0 Å². The van der Waals surface area contributed by atoms with Crippen LogP contribution in [0.5, 0.6) is 0 Å². The fraction of sp³-hybridized carbons (Fsp3) is 0.190. The average molecular weight is 342 g/mol. The molecular formula is C21H18N4O. The number of aromatic nitrogens is 1. The van der Waals surface area contributed by atoms with E-state index in [1.807, 2.05) is 30.6 Å². The highest BCUT2D eigenvalue weighted by atomic mass is 16.2. The van der Waals surface area contributed by atoms with E-state index >= 15 is 0 Å². The predicted octanol–water partition coefficient (Wildman–Crippen LogP) is 3.80. The Bertz CT molecular complexity index is 1020. The minimum absolute atomic E-state index is 0.0600. The first-order chi connectivity index (χ1) is 12.8. The fourth-order valence-corrected chi connectivity index (χ4v) is 3.63. The van der Waals surface area contributed by atoms with Gasteiger partial charge >= 0.3 is 0 Å². The minimum atomic E-state index is -0.0600. The molecule has 128 valence electrons. The van der Waals surface area contributed by atoms with Crippen LogP contribution in [-0.4, -0.2) is 23.7 Å². The first-order valence-electron chi connectivity index (χ1n) is 8.89. The van der Waals surface area contributed by atoms with E-state index in [2.05, 4.69) is 32.7 Å². The summed E-state index contributed by atoms with van der Waals surface area (Å²) in [6.07, 6.45) is 10.4. The number of nitrogens with zero attached hydrogens (tertiary/aromatic N) is 2. The topological polar surface area (TPSA) is 66.4 Å². The van der Waals surface area contributed by atoms with Crippen LogP contribution in [0.1, 0.15) is 24.1 Å². The predicted molar refractivity (Wildman–Crippen MR) is 104 cm³/mol. The molecule has 0 bridgehead atoms. The Balaban J connectivity index is 1.55. The molecule has 0 aliphatic carbocycles. The Morgan fingerprint density at radius 3 is 2.96 bits per heavy atom. The first-order valence-corrected chi connectivity index (χ1v) is 8.89. The van der Waals surface area contributed by atoms with E-state index in [9.17, 15) is 4.79 Å². The molecule has 0 saturated heterocycles. The molecule has 4 heterocycles. The van der Waals surface area contributed by atoms with Gasteiger partial charge in [0.15, 0.2) is 0 Å². The lowest BCUT2D eigenvalue weighted by molar-refractivity contribution is -0.110. The highest BCUT2D eigenvalue weighted by Gasteiger charge is 2.25. The van der Waals surface area contributed by atoms with Gasteiger partial charge in [-0.1, -0.05) is 6.07 Å². The molecule has 0 saturated carbocycles. The summed E-state index contributed by atoms with van der Waals surface area (Å²) < 4.78 is 0. The SMILES string of the molecule is O=C1Nc2ccc(-c3cnc4c(c3)NCCC4)cc2/C1=C/C1=CN=CC1. The van der Waals surface area contributed by atoms with Crippen LogP contribution in [0.4, 0.5) is 11.4 Å². The lowest BCUT2D eigenvalue weighted by Crippen LogP contribution is -2.12. The molecule has 2 N–H and O–H groups in total. The smallest absolute Gasteiger partial charge is 0.256 e. The van der Waals surface area contributed by atoms with Crippen LogP contribution >= 0.6 is 0 Å². The van der Waals surface area contributed by atoms with Crippen molar-refractivity contribution in [3.8, 4) is 11.1 Å². The van der Waals surface area contributed by atoms with Gasteiger partial charge in [-0.05, 0) is 48.3 Å². The number of hydrogen-bond acceptors (Lipinski definition) is 4. The van der Waals surface area contributed by atoms with Crippen molar-refractivity contribution in [1.29, 1.82) is 0 Å². The molecule has 5 heteroatoms. The number of allylic oxidation sites excluding steroid dienone is 2. The number of amides is 1. The summed E-state index contributed by atoms with van der Waals surface area (Å²) in [5.41, 5.74) is 7.91. The zero-order valence-corrected chi connectivity index (χ0v) is 14.2. The Morgan fingerprint density at radius 1 is 1.12 bits per heavy atom. The van der Waals surface area contributed by atoms with Crippen molar-refractivity contribution in [1.82, 2.24) is 4.98 Å². The van der Waals surface area contributed by atoms with E-state index in [4.69, 9.17) is 0 Å². The van der Waals surface area contributed by atoms with Gasteiger partial charge in [-0.25, -0.2) is 0 Å². The second-order valence-corrected chi connectivity index (χ2v) is 6.76. The molecular weight excluding hydrogens is 324 g/mol. The number of aliphatic imine (C=N–C) groups is 1. The van der Waals surface area contributed by atoms with Crippen LogP contribution in [0.3, 0.4) is 0 Å². The zero-order chi connectivity index (χ0) is 17.5. The van der Waals surface area contributed by atoms with Crippen LogP contribution < -0.4 is 10.6 Å². The van der Waals surface area contributed by atoms with Gasteiger partial charge in [0.25, 0.3) is 5.91 Å². The molecule has 5 rings (SSSR count). The Hall–Kier alpha value is -3.21. The number of carbonyl (C=O) groups excluding carboxylic acids is 1. The van der Waals surface area contributed by atoms with E-state index in [1.54, 1.807) is 6.20 Å². The molecule has 1 aromatic carbocycles. The molecule has 2 aromatic rings. The van der Waals surface area contributed by atoms with Crippen LogP contribution in [0.15, 0.2) is 53.3 Å². The standard InChI is InChI=1S/C21H18N4O/c26-21-17(8-13-5-7-22-11-13)16-9-14(3-4-18(16)25-21)15-10-20-19(24-12-15)2-1-6-23-20/h3-4,7-12,23H,1-2,5-6H2,(H,25,26)/b17-8-. The van der Waals surface area contributed by atoms with Crippen LogP contribution in [-0.2, 0) is 11.2 Å². The van der Waals surface area contributed by atoms with E-state index in [0.29, 0.717) is 5.57 Å². The van der Waals surface area contributed by atoms with E-state index in [0.717, 1.165) is 65.1 Å². The van der Waals surface area contributed by atoms with Gasteiger partial charge in [0.2, 0.25) is 0 Å². The van der Waals surface area contributed by atoms with Gasteiger partial charge in [0, 0.05) is 54.0 Å². The quantitative estimate of drug-likeness (QED) is 0.816. The lowest BCUT2D eigenvalue weighted by Gasteiger charge is -2.17. The fourth-order valence-electron chi connectivity index (χ4n) is 3.63. The minimum Gasteiger partial charge on any atom is -0.384 e. The second kappa shape index (κ2) is 5.95. The van der Waals surface area contributed by atoms with Gasteiger partial charge in [0.1, 0.15) is 0 Å². The van der Waals surface area contributed by atoms with Crippen molar-refractivity contribution in [2.24, 2.45) is 4.99 Å². The van der Waals surface area contributed by atoms with Crippen molar-refractivity contribution in [2.45, 2.75) is 19.3 Å². The maximum atomic E-state index is 12.4. The van der Waals surface area contributed by atoms with Gasteiger partial charge in [0.05, 0.1) is 11.4 Å². The monoisotopic (exact) mass is 342 g/mol. The number of pyridine rings is 1. The molecule has 0 atom stereocenters. The summed E-state index contributed by atoms with van der Waals surface area (Å²) >= 11 is 0. The van der Waals surface area contributed by atoms with Crippen molar-refractivity contribution < 1.29 is 4.79 Å². The van der Waals surface area contributed by atoms with Crippen molar-refractivity contribution in [3.63, 3.8) is 0 Å². The summed E-state index contributed by atoms with van der Waals surface area (Å²) in [6.45, 7) is 0.991. The van der Waals surface area contributed by atoms with E-state index in [1.165, 1.54) is 0 Å². The summed E-state index contributed by atoms with van der Waals surface area (Å²) in [5, 5.41) is 6.37. The molecule has 1 amide bonds. The summed E-state index contributed by atoms with van der Waals surface area (Å²) in [5.74, 6) is -0.0600. The maximum Gasteiger partial charge on any atom is 0.256 e. The average Bonchev–Trinajstić information content (AvgIpc) is 3.29. The highest BCUT2D eigenvalue weighted by Crippen LogP contribution is 2.37. The molecule has 0 fully saturated rings. The van der Waals surface area contributed by atoms with Crippen LogP contribution in [0.2, 0.25) is 0 Å². The van der Waals surface area contributed by atoms with Crippen LogP contribution in [0.25, 0.3) is 16.7 Å². The Morgan fingerprint density at radius 2 is 2.08 bits per heavy atom. The largest absolute Gasteiger partial charge is 0.384 e. The number of carbonyl (C=O) groups is 1. The second-order valence-electron chi connectivity index (χ2n) is 6.76. The number of fused-ring (bicyclic) bond motifs is 2. The molecule has 26 heavy (non-hydrogen) atoms. The number of benzene rings is 1. The number of anilines is 2. The summed E-state index contributed by atoms with van der Waals surface area (Å²) in [7, 11) is 0. The molecule has 3 aliphatic rings. The Kier molecular flexibility index (Phi) is 3.45. The highest BCUT2D eigenvalue weighted by molar-refractivity contribution is 6.32. The molecule has 1 aromatic heterocycles.